The van der Waals surface area contributed by atoms with Gasteiger partial charge < -0.3 is 10.8 Å². The van der Waals surface area contributed by atoms with Crippen molar-refractivity contribution < 1.29 is 23.6 Å². The van der Waals surface area contributed by atoms with Crippen molar-refractivity contribution in [1.82, 2.24) is 4.98 Å². The van der Waals surface area contributed by atoms with E-state index in [-0.39, 0.29) is 0 Å². The number of aromatic nitrogens is 1. The molecule has 3 N–H and O–H groups in total. The van der Waals surface area contributed by atoms with Gasteiger partial charge in [-0.3, -0.25) is 10.1 Å². The largest absolute Gasteiger partial charge is 0.477 e. The van der Waals surface area contributed by atoms with Crippen LogP contribution < -0.4 is 5.73 Å². The number of carbonyl (C=O) groups is 1. The molecule has 1 heterocycles. The van der Waals surface area contributed by atoms with Crippen LogP contribution in [-0.4, -0.2) is 21.0 Å². The predicted octanol–water partition coefficient (Wildman–Crippen LogP) is 1.21. The molecule has 1 aromatic rings. The minimum absolute atomic E-state index is 0.531. The summed E-state index contributed by atoms with van der Waals surface area (Å²) in [5, 5.41) is 18.9. The quantitative estimate of drug-likeness (QED) is 0.598. The first kappa shape index (κ1) is 11.8. The first-order valence-corrected chi connectivity index (χ1v) is 3.80. The summed E-state index contributed by atoms with van der Waals surface area (Å²) in [6, 6.07) is 0.531. The van der Waals surface area contributed by atoms with E-state index in [1.54, 1.807) is 0 Å². The Bertz CT molecular complexity index is 463. The van der Waals surface area contributed by atoms with Gasteiger partial charge in [-0.25, -0.2) is 18.6 Å². The van der Waals surface area contributed by atoms with Crippen LogP contribution in [-0.2, 0) is 0 Å². The van der Waals surface area contributed by atoms with Gasteiger partial charge in [-0.15, -0.1) is 0 Å². The van der Waals surface area contributed by atoms with Crippen LogP contribution in [0.1, 0.15) is 22.6 Å². The Morgan fingerprint density at radius 2 is 2.19 bits per heavy atom. The van der Waals surface area contributed by atoms with Crippen molar-refractivity contribution in [3.05, 3.63) is 27.6 Å². The van der Waals surface area contributed by atoms with Gasteiger partial charge in [0.2, 0.25) is 0 Å². The zero-order valence-electron chi connectivity index (χ0n) is 7.55. The topological polar surface area (TPSA) is 119 Å². The highest BCUT2D eigenvalue weighted by molar-refractivity contribution is 5.87. The van der Waals surface area contributed by atoms with Crippen molar-refractivity contribution in [2.24, 2.45) is 0 Å². The van der Waals surface area contributed by atoms with Gasteiger partial charge >= 0.3 is 5.97 Å². The third kappa shape index (κ3) is 2.02. The number of hydrogen-bond acceptors (Lipinski definition) is 5. The number of carboxylic acid groups (broad SMARTS) is 1. The number of nitrogens with two attached hydrogens (primary N) is 1. The molecule has 0 aromatic carbocycles. The van der Waals surface area contributed by atoms with Gasteiger partial charge in [0.25, 0.3) is 12.1 Å². The number of pyridine rings is 1. The Morgan fingerprint density at radius 3 is 2.56 bits per heavy atom. The first-order chi connectivity index (χ1) is 7.34. The minimum atomic E-state index is -3.18. The van der Waals surface area contributed by atoms with Gasteiger partial charge in [-0.1, -0.05) is 0 Å². The lowest BCUT2D eigenvalue weighted by molar-refractivity contribution is -0.384. The molecule has 7 nitrogen and oxygen atoms in total. The van der Waals surface area contributed by atoms with Gasteiger partial charge in [0, 0.05) is 0 Å². The molecule has 0 unspecified atom stereocenters. The van der Waals surface area contributed by atoms with Gasteiger partial charge in [0.15, 0.2) is 5.69 Å². The lowest BCUT2D eigenvalue weighted by Gasteiger charge is -2.05. The normalized spacial score (nSPS) is 10.4. The van der Waals surface area contributed by atoms with Crippen molar-refractivity contribution in [3.63, 3.8) is 0 Å². The molecule has 0 aliphatic rings. The highest BCUT2D eigenvalue weighted by Crippen LogP contribution is 2.31. The Kier molecular flexibility index (Phi) is 2.97. The number of nitrogens with zero attached hydrogens (tertiary/aromatic N) is 2. The molecule has 9 heteroatoms. The minimum Gasteiger partial charge on any atom is -0.477 e. The van der Waals surface area contributed by atoms with Crippen molar-refractivity contribution >= 4 is 17.3 Å². The molecule has 0 bridgehead atoms. The average molecular weight is 233 g/mol. The van der Waals surface area contributed by atoms with E-state index in [9.17, 15) is 23.7 Å². The third-order valence-corrected chi connectivity index (χ3v) is 1.69. The van der Waals surface area contributed by atoms with Crippen LogP contribution in [0.25, 0.3) is 0 Å². The number of anilines is 1. The predicted molar refractivity (Wildman–Crippen MR) is 47.2 cm³/mol. The van der Waals surface area contributed by atoms with Crippen LogP contribution in [0.5, 0.6) is 0 Å². The number of alkyl halides is 2. The molecule has 1 rings (SSSR count). The Morgan fingerprint density at radius 1 is 1.62 bits per heavy atom. The van der Waals surface area contributed by atoms with Gasteiger partial charge in [-0.2, -0.15) is 0 Å². The maximum Gasteiger partial charge on any atom is 0.354 e. The highest BCUT2D eigenvalue weighted by atomic mass is 19.3. The molecule has 0 aliphatic carbocycles. The summed E-state index contributed by atoms with van der Waals surface area (Å²) in [7, 11) is 0. The molecule has 0 spiro atoms. The number of nitro groups is 1. The van der Waals surface area contributed by atoms with Crippen molar-refractivity contribution in [2.45, 2.75) is 6.43 Å². The summed E-state index contributed by atoms with van der Waals surface area (Å²) >= 11 is 0. The molecule has 1 aromatic heterocycles. The SMILES string of the molecule is Nc1c([N+](=O)[O-])cc(C(=O)O)nc1C(F)F. The maximum atomic E-state index is 12.4. The number of nitrogen functional groups attached to an aromatic ring is 1. The van der Waals surface area contributed by atoms with E-state index < -0.39 is 40.1 Å². The summed E-state index contributed by atoms with van der Waals surface area (Å²) in [5.41, 5.74) is 1.39. The van der Waals surface area contributed by atoms with E-state index in [0.717, 1.165) is 0 Å². The standard InChI is InChI=1S/C7H5F2N3O4/c8-6(9)5-4(10)3(12(15)16)1-2(11-5)7(13)14/h1,6H,10H2,(H,13,14). The Hall–Kier alpha value is -2.32. The summed E-state index contributed by atoms with van der Waals surface area (Å²) in [4.78, 5) is 22.9. The fourth-order valence-corrected chi connectivity index (χ4v) is 0.988. The molecule has 0 fully saturated rings. The molecule has 0 radical (unpaired) electrons. The molecule has 16 heavy (non-hydrogen) atoms. The molecular formula is C7H5F2N3O4. The van der Waals surface area contributed by atoms with E-state index in [1.165, 1.54) is 0 Å². The fraction of sp³-hybridized carbons (Fsp3) is 0.143. The summed E-state index contributed by atoms with van der Waals surface area (Å²) < 4.78 is 24.7. The van der Waals surface area contributed by atoms with Crippen molar-refractivity contribution in [1.29, 1.82) is 0 Å². The van der Waals surface area contributed by atoms with E-state index in [2.05, 4.69) is 4.98 Å². The van der Waals surface area contributed by atoms with Crippen LogP contribution >= 0.6 is 0 Å². The molecule has 86 valence electrons. The Balaban J connectivity index is 3.51. The van der Waals surface area contributed by atoms with E-state index in [4.69, 9.17) is 10.8 Å². The third-order valence-electron chi connectivity index (χ3n) is 1.69. The molecule has 0 amide bonds. The number of rotatable bonds is 3. The molecule has 0 aliphatic heterocycles. The van der Waals surface area contributed by atoms with E-state index >= 15 is 0 Å². The first-order valence-electron chi connectivity index (χ1n) is 3.80. The van der Waals surface area contributed by atoms with Gasteiger partial charge in [-0.05, 0) is 0 Å². The summed E-state index contributed by atoms with van der Waals surface area (Å²) in [6.45, 7) is 0. The molecular weight excluding hydrogens is 228 g/mol. The van der Waals surface area contributed by atoms with Crippen molar-refractivity contribution in [2.75, 3.05) is 5.73 Å². The van der Waals surface area contributed by atoms with Crippen LogP contribution in [0, 0.1) is 10.1 Å². The number of halogens is 2. The lowest BCUT2D eigenvalue weighted by Crippen LogP contribution is -2.09. The fourth-order valence-electron chi connectivity index (χ4n) is 0.988. The molecule has 0 saturated heterocycles. The van der Waals surface area contributed by atoms with Gasteiger partial charge in [0.05, 0.1) is 11.0 Å². The monoisotopic (exact) mass is 233 g/mol. The van der Waals surface area contributed by atoms with Crippen LogP contribution in [0.4, 0.5) is 20.2 Å². The average Bonchev–Trinajstić information content (AvgIpc) is 2.16. The van der Waals surface area contributed by atoms with Crippen LogP contribution in [0.3, 0.4) is 0 Å². The zero-order valence-corrected chi connectivity index (χ0v) is 7.55. The second-order valence-corrected chi connectivity index (χ2v) is 2.69. The Labute approximate surface area is 86.7 Å². The van der Waals surface area contributed by atoms with Crippen LogP contribution in [0.2, 0.25) is 0 Å². The van der Waals surface area contributed by atoms with Crippen molar-refractivity contribution in [3.8, 4) is 0 Å². The lowest BCUT2D eigenvalue weighted by atomic mass is 10.2. The summed E-state index contributed by atoms with van der Waals surface area (Å²) in [5.74, 6) is -1.65. The van der Waals surface area contributed by atoms with Gasteiger partial charge in [0.1, 0.15) is 11.4 Å². The van der Waals surface area contributed by atoms with Crippen LogP contribution in [0.15, 0.2) is 6.07 Å². The molecule has 0 atom stereocenters. The van der Waals surface area contributed by atoms with E-state index in [1.807, 2.05) is 0 Å². The second-order valence-electron chi connectivity index (χ2n) is 2.69. The zero-order chi connectivity index (χ0) is 12.5. The van der Waals surface area contributed by atoms with E-state index in [0.29, 0.717) is 6.07 Å². The second kappa shape index (κ2) is 4.04. The number of hydrogen-bond donors (Lipinski definition) is 2. The maximum absolute atomic E-state index is 12.4. The highest BCUT2D eigenvalue weighted by Gasteiger charge is 2.25. The smallest absolute Gasteiger partial charge is 0.354 e. The molecule has 0 saturated carbocycles. The summed E-state index contributed by atoms with van der Waals surface area (Å²) in [6.07, 6.45) is -3.18. The number of carboxylic acids is 1. The number of aromatic carboxylic acids is 1.